The molecule has 3 nitrogen and oxygen atoms in total. The molecule has 0 aliphatic heterocycles. The lowest BCUT2D eigenvalue weighted by Gasteiger charge is -2.16. The predicted octanol–water partition coefficient (Wildman–Crippen LogP) is 4.71. The van der Waals surface area contributed by atoms with E-state index in [9.17, 15) is 13.9 Å². The number of anilines is 1. The number of aliphatic hydroxyl groups excluding tert-OH is 1. The number of phenolic OH excluding ortho intramolecular Hbond substituents is 1. The summed E-state index contributed by atoms with van der Waals surface area (Å²) in [6.07, 6.45) is 0.104. The molecule has 0 aliphatic carbocycles. The third-order valence-corrected chi connectivity index (χ3v) is 4.37. The Morgan fingerprint density at radius 1 is 1.21 bits per heavy atom. The van der Waals surface area contributed by atoms with Crippen LogP contribution in [0, 0.1) is 18.6 Å². The molecule has 130 valence electrons. The van der Waals surface area contributed by atoms with Crippen molar-refractivity contribution in [3.8, 4) is 5.75 Å². The number of halogens is 3. The van der Waals surface area contributed by atoms with E-state index >= 15 is 0 Å². The summed E-state index contributed by atoms with van der Waals surface area (Å²) in [4.78, 5) is 0. The molecule has 0 unspecified atom stereocenters. The van der Waals surface area contributed by atoms with Gasteiger partial charge in [0.2, 0.25) is 0 Å². The topological polar surface area (TPSA) is 52.5 Å². The minimum Gasteiger partial charge on any atom is -0.508 e. The minimum atomic E-state index is -0.535. The van der Waals surface area contributed by atoms with Gasteiger partial charge in [-0.3, -0.25) is 0 Å². The van der Waals surface area contributed by atoms with E-state index in [-0.39, 0.29) is 39.9 Å². The highest BCUT2D eigenvalue weighted by Gasteiger charge is 2.19. The van der Waals surface area contributed by atoms with Gasteiger partial charge >= 0.3 is 0 Å². The maximum absolute atomic E-state index is 14.7. The van der Waals surface area contributed by atoms with Crippen molar-refractivity contribution >= 4 is 17.3 Å². The van der Waals surface area contributed by atoms with Gasteiger partial charge in [0.05, 0.1) is 5.69 Å². The lowest BCUT2D eigenvalue weighted by molar-refractivity contribution is 0.325. The summed E-state index contributed by atoms with van der Waals surface area (Å²) in [5.41, 5.74) is 1.43. The third-order valence-electron chi connectivity index (χ3n) is 4.03. The molecule has 0 radical (unpaired) electrons. The number of benzene rings is 2. The lowest BCUT2D eigenvalue weighted by atomic mass is 9.94. The van der Waals surface area contributed by atoms with Crippen LogP contribution in [0.2, 0.25) is 5.02 Å². The molecule has 3 N–H and O–H groups in total. The Balaban J connectivity index is 2.50. The Kier molecular flexibility index (Phi) is 5.67. The smallest absolute Gasteiger partial charge is 0.149 e. The van der Waals surface area contributed by atoms with Crippen LogP contribution in [0.4, 0.5) is 14.5 Å². The number of hydrogen-bond acceptors (Lipinski definition) is 3. The van der Waals surface area contributed by atoms with E-state index in [1.807, 2.05) is 0 Å². The highest BCUT2D eigenvalue weighted by Crippen LogP contribution is 2.34. The van der Waals surface area contributed by atoms with Crippen LogP contribution in [0.15, 0.2) is 18.2 Å². The van der Waals surface area contributed by atoms with Crippen LogP contribution in [0.25, 0.3) is 0 Å². The average Bonchev–Trinajstić information content (AvgIpc) is 2.51. The highest BCUT2D eigenvalue weighted by atomic mass is 35.5. The number of rotatable bonds is 5. The largest absolute Gasteiger partial charge is 0.508 e. The SMILES string of the molecule is Cc1c(F)c(NCO)cc(Cl)c1Cc1ccc(O)c(C(C)C)c1F. The molecule has 6 heteroatoms. The molecule has 0 saturated carbocycles. The summed E-state index contributed by atoms with van der Waals surface area (Å²) in [5.74, 6) is -1.32. The van der Waals surface area contributed by atoms with Crippen molar-refractivity contribution < 1.29 is 19.0 Å². The van der Waals surface area contributed by atoms with Crippen molar-refractivity contribution in [1.82, 2.24) is 0 Å². The number of hydrogen-bond donors (Lipinski definition) is 3. The summed E-state index contributed by atoms with van der Waals surface area (Å²) < 4.78 is 29.0. The van der Waals surface area contributed by atoms with Crippen molar-refractivity contribution in [2.24, 2.45) is 0 Å². The molecule has 0 spiro atoms. The number of aliphatic hydroxyl groups is 1. The standard InChI is InChI=1S/C18H20ClF2NO2/c1-9(2)16-15(24)5-4-11(18(16)21)6-12-10(3)17(20)14(22-8-23)7-13(12)19/h4-5,7,9,22-24H,6,8H2,1-3H3. The van der Waals surface area contributed by atoms with Crippen LogP contribution >= 0.6 is 11.6 Å². The van der Waals surface area contributed by atoms with Crippen molar-refractivity contribution in [3.05, 3.63) is 57.1 Å². The summed E-state index contributed by atoms with van der Waals surface area (Å²) in [6, 6.07) is 4.29. The van der Waals surface area contributed by atoms with Crippen LogP contribution in [0.5, 0.6) is 5.75 Å². The second-order valence-electron chi connectivity index (χ2n) is 5.96. The van der Waals surface area contributed by atoms with Gasteiger partial charge in [-0.15, -0.1) is 0 Å². The molecule has 2 aromatic carbocycles. The zero-order valence-electron chi connectivity index (χ0n) is 13.8. The van der Waals surface area contributed by atoms with Gasteiger partial charge in [0.15, 0.2) is 0 Å². The lowest BCUT2D eigenvalue weighted by Crippen LogP contribution is -2.07. The summed E-state index contributed by atoms with van der Waals surface area (Å²) >= 11 is 6.22. The molecule has 0 aromatic heterocycles. The van der Waals surface area contributed by atoms with Crippen LogP contribution < -0.4 is 5.32 Å². The molecular formula is C18H20ClF2NO2. The Morgan fingerprint density at radius 2 is 1.88 bits per heavy atom. The maximum atomic E-state index is 14.7. The summed E-state index contributed by atoms with van der Waals surface area (Å²) in [5, 5.41) is 21.5. The normalized spacial score (nSPS) is 11.2. The van der Waals surface area contributed by atoms with Gasteiger partial charge in [0.1, 0.15) is 24.1 Å². The Morgan fingerprint density at radius 3 is 2.46 bits per heavy atom. The zero-order valence-corrected chi connectivity index (χ0v) is 14.5. The van der Waals surface area contributed by atoms with E-state index in [1.165, 1.54) is 18.2 Å². The number of aromatic hydroxyl groups is 1. The van der Waals surface area contributed by atoms with Gasteiger partial charge < -0.3 is 15.5 Å². The molecular weight excluding hydrogens is 336 g/mol. The number of phenols is 1. The van der Waals surface area contributed by atoms with Crippen LogP contribution in [-0.4, -0.2) is 16.9 Å². The van der Waals surface area contributed by atoms with Gasteiger partial charge in [-0.2, -0.15) is 0 Å². The van der Waals surface area contributed by atoms with E-state index in [1.54, 1.807) is 20.8 Å². The van der Waals surface area contributed by atoms with Crippen molar-refractivity contribution in [2.45, 2.75) is 33.1 Å². The molecule has 0 saturated heterocycles. The van der Waals surface area contributed by atoms with E-state index in [4.69, 9.17) is 16.7 Å². The quantitative estimate of drug-likeness (QED) is 0.681. The van der Waals surface area contributed by atoms with E-state index in [2.05, 4.69) is 5.32 Å². The van der Waals surface area contributed by atoms with Gasteiger partial charge in [-0.1, -0.05) is 31.5 Å². The highest BCUT2D eigenvalue weighted by molar-refractivity contribution is 6.31. The zero-order chi connectivity index (χ0) is 18.0. The second-order valence-corrected chi connectivity index (χ2v) is 6.37. The van der Waals surface area contributed by atoms with Gasteiger partial charge in [0, 0.05) is 17.0 Å². The van der Waals surface area contributed by atoms with E-state index in [0.717, 1.165) is 0 Å². The average molecular weight is 356 g/mol. The minimum absolute atomic E-state index is 0.0947. The van der Waals surface area contributed by atoms with Gasteiger partial charge in [0.25, 0.3) is 0 Å². The summed E-state index contributed by atoms with van der Waals surface area (Å²) in [7, 11) is 0. The first-order valence-electron chi connectivity index (χ1n) is 7.60. The van der Waals surface area contributed by atoms with Crippen LogP contribution in [-0.2, 0) is 6.42 Å². The monoisotopic (exact) mass is 355 g/mol. The molecule has 0 amide bonds. The fourth-order valence-corrected chi connectivity index (χ4v) is 3.04. The molecule has 0 atom stereocenters. The first-order chi connectivity index (χ1) is 11.3. The summed E-state index contributed by atoms with van der Waals surface area (Å²) in [6.45, 7) is 4.71. The van der Waals surface area contributed by atoms with Crippen molar-refractivity contribution in [2.75, 3.05) is 12.0 Å². The third kappa shape index (κ3) is 3.47. The first kappa shape index (κ1) is 18.5. The molecule has 24 heavy (non-hydrogen) atoms. The molecule has 0 aliphatic rings. The Labute approximate surface area is 144 Å². The molecule has 0 fully saturated rings. The maximum Gasteiger partial charge on any atom is 0.149 e. The number of nitrogens with one attached hydrogen (secondary N) is 1. The fourth-order valence-electron chi connectivity index (χ4n) is 2.73. The first-order valence-corrected chi connectivity index (χ1v) is 7.98. The van der Waals surface area contributed by atoms with Crippen molar-refractivity contribution in [3.63, 3.8) is 0 Å². The Bertz CT molecular complexity index is 763. The predicted molar refractivity (Wildman–Crippen MR) is 91.8 cm³/mol. The van der Waals surface area contributed by atoms with E-state index < -0.39 is 18.4 Å². The molecule has 2 rings (SSSR count). The second kappa shape index (κ2) is 7.36. The van der Waals surface area contributed by atoms with Gasteiger partial charge in [-0.25, -0.2) is 8.78 Å². The van der Waals surface area contributed by atoms with E-state index in [0.29, 0.717) is 11.1 Å². The molecule has 0 bridgehead atoms. The van der Waals surface area contributed by atoms with Crippen LogP contribution in [0.3, 0.4) is 0 Å². The molecule has 0 heterocycles. The Hall–Kier alpha value is -1.85. The van der Waals surface area contributed by atoms with Crippen molar-refractivity contribution in [1.29, 1.82) is 0 Å². The fraction of sp³-hybridized carbons (Fsp3) is 0.333. The molecule has 2 aromatic rings. The van der Waals surface area contributed by atoms with Gasteiger partial charge in [-0.05, 0) is 41.7 Å². The van der Waals surface area contributed by atoms with Crippen LogP contribution in [0.1, 0.15) is 42.0 Å².